The SMILES string of the molecule is Cc1cc(N2CC(OC(=O)Oc3ccc([N+](=O)[O-])cc3)C2)cc(C(F)(F)F)n1. The number of halogens is 3. The number of nitro groups is 1. The summed E-state index contributed by atoms with van der Waals surface area (Å²) in [5.74, 6) is 0.0753. The summed E-state index contributed by atoms with van der Waals surface area (Å²) >= 11 is 0. The number of carbonyl (C=O) groups excluding carboxylic acids is 1. The van der Waals surface area contributed by atoms with Crippen LogP contribution in [0.1, 0.15) is 11.4 Å². The highest BCUT2D eigenvalue weighted by Crippen LogP contribution is 2.32. The Labute approximate surface area is 156 Å². The van der Waals surface area contributed by atoms with E-state index in [-0.39, 0.29) is 30.2 Å². The van der Waals surface area contributed by atoms with Crippen LogP contribution in [0.3, 0.4) is 0 Å². The fourth-order valence-corrected chi connectivity index (χ4v) is 2.59. The lowest BCUT2D eigenvalue weighted by Gasteiger charge is -2.39. The largest absolute Gasteiger partial charge is 0.514 e. The standard InChI is InChI=1S/C17H14F3N3O5/c1-10-6-12(7-15(21-10)17(18,19)20)22-8-14(9-22)28-16(24)27-13-4-2-11(3-5-13)23(25)26/h2-7,14H,8-9H2,1H3. The van der Waals surface area contributed by atoms with Gasteiger partial charge in [-0.25, -0.2) is 9.78 Å². The lowest BCUT2D eigenvalue weighted by Crippen LogP contribution is -2.53. The summed E-state index contributed by atoms with van der Waals surface area (Å²) < 4.78 is 48.6. The van der Waals surface area contributed by atoms with Gasteiger partial charge >= 0.3 is 12.3 Å². The predicted octanol–water partition coefficient (Wildman–Crippen LogP) is 3.72. The molecule has 2 heterocycles. The minimum absolute atomic E-state index is 0.0753. The van der Waals surface area contributed by atoms with Gasteiger partial charge in [0.15, 0.2) is 0 Å². The van der Waals surface area contributed by atoms with Crippen LogP contribution in [-0.2, 0) is 10.9 Å². The van der Waals surface area contributed by atoms with Crippen molar-refractivity contribution in [2.45, 2.75) is 19.2 Å². The second kappa shape index (κ2) is 7.33. The number of aromatic nitrogens is 1. The highest BCUT2D eigenvalue weighted by atomic mass is 19.4. The van der Waals surface area contributed by atoms with Gasteiger partial charge in [0, 0.05) is 23.5 Å². The fraction of sp³-hybridized carbons (Fsp3) is 0.294. The molecule has 1 saturated heterocycles. The number of aryl methyl sites for hydroxylation is 1. The summed E-state index contributed by atoms with van der Waals surface area (Å²) in [4.78, 5) is 26.8. The van der Waals surface area contributed by atoms with Crippen LogP contribution in [0.2, 0.25) is 0 Å². The number of ether oxygens (including phenoxy) is 2. The molecule has 1 aromatic heterocycles. The number of alkyl halides is 3. The lowest BCUT2D eigenvalue weighted by atomic mass is 10.1. The van der Waals surface area contributed by atoms with Crippen LogP contribution in [0.25, 0.3) is 0 Å². The number of carbonyl (C=O) groups is 1. The Morgan fingerprint density at radius 3 is 2.46 bits per heavy atom. The van der Waals surface area contributed by atoms with Crippen LogP contribution in [0, 0.1) is 17.0 Å². The van der Waals surface area contributed by atoms with Crippen molar-refractivity contribution in [1.29, 1.82) is 0 Å². The summed E-state index contributed by atoms with van der Waals surface area (Å²) in [5, 5.41) is 10.6. The highest BCUT2D eigenvalue weighted by Gasteiger charge is 2.36. The Hall–Kier alpha value is -3.37. The Balaban J connectivity index is 1.53. The lowest BCUT2D eigenvalue weighted by molar-refractivity contribution is -0.384. The molecule has 0 spiro atoms. The Morgan fingerprint density at radius 2 is 1.89 bits per heavy atom. The number of hydrogen-bond acceptors (Lipinski definition) is 7. The van der Waals surface area contributed by atoms with Crippen molar-refractivity contribution >= 4 is 17.5 Å². The molecule has 0 N–H and O–H groups in total. The van der Waals surface area contributed by atoms with Gasteiger partial charge in [0.2, 0.25) is 0 Å². The highest BCUT2D eigenvalue weighted by molar-refractivity contribution is 5.65. The number of benzene rings is 1. The summed E-state index contributed by atoms with van der Waals surface area (Å²) in [6.07, 6.45) is -6.09. The number of non-ortho nitro benzene ring substituents is 1. The summed E-state index contributed by atoms with van der Waals surface area (Å²) in [6.45, 7) is 1.88. The van der Waals surface area contributed by atoms with Crippen molar-refractivity contribution in [3.63, 3.8) is 0 Å². The molecule has 148 valence electrons. The van der Waals surface area contributed by atoms with Crippen molar-refractivity contribution < 1.29 is 32.4 Å². The molecule has 0 radical (unpaired) electrons. The maximum absolute atomic E-state index is 12.9. The number of anilines is 1. The van der Waals surface area contributed by atoms with E-state index in [4.69, 9.17) is 9.47 Å². The van der Waals surface area contributed by atoms with Crippen LogP contribution in [0.15, 0.2) is 36.4 Å². The molecule has 0 bridgehead atoms. The van der Waals surface area contributed by atoms with E-state index in [0.29, 0.717) is 5.69 Å². The smallest absolute Gasteiger partial charge is 0.427 e. The van der Waals surface area contributed by atoms with E-state index in [0.717, 1.165) is 6.07 Å². The van der Waals surface area contributed by atoms with Crippen molar-refractivity contribution in [2.24, 2.45) is 0 Å². The third-order valence-corrected chi connectivity index (χ3v) is 3.95. The van der Waals surface area contributed by atoms with Crippen molar-refractivity contribution in [3.05, 3.63) is 57.9 Å². The molecule has 8 nitrogen and oxygen atoms in total. The molecule has 1 fully saturated rings. The normalized spacial score (nSPS) is 14.4. The van der Waals surface area contributed by atoms with Gasteiger partial charge in [0.1, 0.15) is 17.5 Å². The van der Waals surface area contributed by atoms with Crippen LogP contribution in [-0.4, -0.2) is 35.3 Å². The number of hydrogen-bond donors (Lipinski definition) is 0. The van der Waals surface area contributed by atoms with Gasteiger partial charge in [-0.2, -0.15) is 13.2 Å². The Bertz CT molecular complexity index is 896. The third kappa shape index (κ3) is 4.48. The first-order valence-corrected chi connectivity index (χ1v) is 8.05. The molecule has 1 aliphatic rings. The Kier molecular flexibility index (Phi) is 5.08. The molecule has 0 aliphatic carbocycles. The van der Waals surface area contributed by atoms with Crippen molar-refractivity contribution in [1.82, 2.24) is 4.98 Å². The van der Waals surface area contributed by atoms with Gasteiger partial charge in [-0.05, 0) is 31.2 Å². The minimum atomic E-state index is -4.55. The minimum Gasteiger partial charge on any atom is -0.427 e. The number of rotatable bonds is 4. The van der Waals surface area contributed by atoms with Gasteiger partial charge in [-0.1, -0.05) is 0 Å². The molecular formula is C17H14F3N3O5. The fourth-order valence-electron chi connectivity index (χ4n) is 2.59. The molecule has 0 saturated carbocycles. The van der Waals surface area contributed by atoms with E-state index in [2.05, 4.69) is 4.98 Å². The number of pyridine rings is 1. The maximum Gasteiger partial charge on any atom is 0.514 e. The van der Waals surface area contributed by atoms with E-state index in [1.807, 2.05) is 0 Å². The predicted molar refractivity (Wildman–Crippen MR) is 90.2 cm³/mol. The van der Waals surface area contributed by atoms with E-state index < -0.39 is 29.1 Å². The topological polar surface area (TPSA) is 94.8 Å². The van der Waals surface area contributed by atoms with Gasteiger partial charge in [0.05, 0.1) is 18.0 Å². The molecule has 0 unspecified atom stereocenters. The van der Waals surface area contributed by atoms with Crippen LogP contribution >= 0.6 is 0 Å². The van der Waals surface area contributed by atoms with E-state index in [1.165, 1.54) is 37.3 Å². The molecule has 1 aromatic carbocycles. The average Bonchev–Trinajstić information content (AvgIpc) is 2.57. The van der Waals surface area contributed by atoms with E-state index in [1.54, 1.807) is 4.90 Å². The van der Waals surface area contributed by atoms with Gasteiger partial charge in [-0.3, -0.25) is 10.1 Å². The van der Waals surface area contributed by atoms with Gasteiger partial charge < -0.3 is 14.4 Å². The van der Waals surface area contributed by atoms with Crippen molar-refractivity contribution in [2.75, 3.05) is 18.0 Å². The molecular weight excluding hydrogens is 383 g/mol. The third-order valence-electron chi connectivity index (χ3n) is 3.95. The molecule has 3 rings (SSSR count). The van der Waals surface area contributed by atoms with Crippen LogP contribution < -0.4 is 9.64 Å². The molecule has 1 aliphatic heterocycles. The number of nitrogens with zero attached hydrogens (tertiary/aromatic N) is 3. The first kappa shape index (κ1) is 19.4. The zero-order valence-electron chi connectivity index (χ0n) is 14.5. The monoisotopic (exact) mass is 397 g/mol. The molecule has 0 atom stereocenters. The molecule has 0 amide bonds. The maximum atomic E-state index is 12.9. The van der Waals surface area contributed by atoms with Gasteiger partial charge in [0.25, 0.3) is 5.69 Å². The second-order valence-electron chi connectivity index (χ2n) is 6.10. The second-order valence-corrected chi connectivity index (χ2v) is 6.10. The first-order chi connectivity index (χ1) is 13.1. The summed E-state index contributed by atoms with van der Waals surface area (Å²) in [6, 6.07) is 7.32. The zero-order chi connectivity index (χ0) is 20.5. The Morgan fingerprint density at radius 1 is 1.25 bits per heavy atom. The number of nitro benzene ring substituents is 1. The van der Waals surface area contributed by atoms with Crippen LogP contribution in [0.5, 0.6) is 5.75 Å². The van der Waals surface area contributed by atoms with Crippen molar-refractivity contribution in [3.8, 4) is 5.75 Å². The molecule has 11 heteroatoms. The average molecular weight is 397 g/mol. The van der Waals surface area contributed by atoms with E-state index in [9.17, 15) is 28.1 Å². The summed E-state index contributed by atoms with van der Waals surface area (Å²) in [5.41, 5.74) is -0.569. The summed E-state index contributed by atoms with van der Waals surface area (Å²) in [7, 11) is 0. The van der Waals surface area contributed by atoms with E-state index >= 15 is 0 Å². The molecule has 2 aromatic rings. The van der Waals surface area contributed by atoms with Gasteiger partial charge in [-0.15, -0.1) is 0 Å². The zero-order valence-corrected chi connectivity index (χ0v) is 14.5. The first-order valence-electron chi connectivity index (χ1n) is 8.05. The molecule has 28 heavy (non-hydrogen) atoms. The quantitative estimate of drug-likeness (QED) is 0.336. The van der Waals surface area contributed by atoms with Crippen LogP contribution in [0.4, 0.5) is 29.3 Å².